The number of aliphatic carboxylic acids is 1. The number of rotatable bonds is 4. The highest BCUT2D eigenvalue weighted by Gasteiger charge is 2.26. The Hall–Kier alpha value is -3.06. The van der Waals surface area contributed by atoms with E-state index in [1.807, 2.05) is 42.6 Å². The molecule has 0 aliphatic carbocycles. The van der Waals surface area contributed by atoms with Crippen molar-refractivity contribution in [2.75, 3.05) is 19.9 Å². The van der Waals surface area contributed by atoms with Gasteiger partial charge < -0.3 is 19.0 Å². The van der Waals surface area contributed by atoms with Gasteiger partial charge >= 0.3 is 5.97 Å². The second kappa shape index (κ2) is 6.83. The molecule has 7 heteroatoms. The van der Waals surface area contributed by atoms with Gasteiger partial charge in [-0.25, -0.2) is 4.98 Å². The lowest BCUT2D eigenvalue weighted by atomic mass is 9.97. The van der Waals surface area contributed by atoms with Crippen LogP contribution in [0.2, 0.25) is 0 Å². The Labute approximate surface area is 162 Å². The maximum atomic E-state index is 11.2. The van der Waals surface area contributed by atoms with Gasteiger partial charge in [0.1, 0.15) is 5.65 Å². The zero-order chi connectivity index (χ0) is 19.1. The highest BCUT2D eigenvalue weighted by Crippen LogP contribution is 2.37. The first-order chi connectivity index (χ1) is 13.7. The van der Waals surface area contributed by atoms with Crippen LogP contribution in [0.5, 0.6) is 11.5 Å². The summed E-state index contributed by atoms with van der Waals surface area (Å²) in [6.07, 6.45) is 3.40. The van der Waals surface area contributed by atoms with Gasteiger partial charge in [-0.15, -0.1) is 0 Å². The number of aromatic nitrogens is 2. The molecule has 3 aromatic rings. The number of hydrogen-bond donors (Lipinski definition) is 1. The van der Waals surface area contributed by atoms with Gasteiger partial charge in [0.05, 0.1) is 17.3 Å². The molecule has 0 spiro atoms. The average Bonchev–Trinajstić information content (AvgIpc) is 3.32. The number of nitrogens with zero attached hydrogens (tertiary/aromatic N) is 3. The van der Waals surface area contributed by atoms with Crippen LogP contribution < -0.4 is 9.47 Å². The van der Waals surface area contributed by atoms with Crippen molar-refractivity contribution in [1.82, 2.24) is 14.3 Å². The van der Waals surface area contributed by atoms with Gasteiger partial charge in [0.2, 0.25) is 6.79 Å². The van der Waals surface area contributed by atoms with Crippen molar-refractivity contribution in [2.45, 2.75) is 19.4 Å². The number of fused-ring (bicyclic) bond motifs is 2. The third kappa shape index (κ3) is 2.97. The van der Waals surface area contributed by atoms with Crippen LogP contribution in [0.4, 0.5) is 0 Å². The molecule has 5 rings (SSSR count). The number of carbonyl (C=O) groups is 1. The van der Waals surface area contributed by atoms with E-state index in [0.717, 1.165) is 53.7 Å². The van der Waals surface area contributed by atoms with E-state index in [1.165, 1.54) is 0 Å². The van der Waals surface area contributed by atoms with E-state index in [1.54, 1.807) is 0 Å². The van der Waals surface area contributed by atoms with Gasteiger partial charge in [0, 0.05) is 18.3 Å². The van der Waals surface area contributed by atoms with E-state index in [2.05, 4.69) is 9.30 Å². The zero-order valence-electron chi connectivity index (χ0n) is 15.4. The van der Waals surface area contributed by atoms with E-state index in [0.29, 0.717) is 12.8 Å². The maximum Gasteiger partial charge on any atom is 0.306 e. The maximum absolute atomic E-state index is 11.2. The Balaban J connectivity index is 1.49. The summed E-state index contributed by atoms with van der Waals surface area (Å²) in [6, 6.07) is 11.9. The first kappa shape index (κ1) is 17.1. The SMILES string of the molecule is O=C(O)C1CCN(Cc2c(-c3ccc4c(c3)OCO4)nc3ccccn23)CC1. The molecule has 0 amide bonds. The largest absolute Gasteiger partial charge is 0.481 e. The number of carboxylic acids is 1. The zero-order valence-corrected chi connectivity index (χ0v) is 15.4. The van der Waals surface area contributed by atoms with Crippen molar-refractivity contribution < 1.29 is 19.4 Å². The predicted octanol–water partition coefficient (Wildman–Crippen LogP) is 3.03. The highest BCUT2D eigenvalue weighted by molar-refractivity contribution is 5.70. The number of benzene rings is 1. The fourth-order valence-electron chi connectivity index (χ4n) is 4.02. The normalized spacial score (nSPS) is 17.3. The molecule has 0 bridgehead atoms. The van der Waals surface area contributed by atoms with E-state index in [-0.39, 0.29) is 12.7 Å². The molecule has 7 nitrogen and oxygen atoms in total. The van der Waals surface area contributed by atoms with Crippen molar-refractivity contribution in [1.29, 1.82) is 0 Å². The van der Waals surface area contributed by atoms with E-state index in [4.69, 9.17) is 14.5 Å². The van der Waals surface area contributed by atoms with Crippen LogP contribution in [-0.4, -0.2) is 45.2 Å². The number of piperidine rings is 1. The highest BCUT2D eigenvalue weighted by atomic mass is 16.7. The van der Waals surface area contributed by atoms with Crippen molar-refractivity contribution >= 4 is 11.6 Å². The third-order valence-electron chi connectivity index (χ3n) is 5.59. The molecule has 0 unspecified atom stereocenters. The van der Waals surface area contributed by atoms with Gasteiger partial charge in [-0.2, -0.15) is 0 Å². The lowest BCUT2D eigenvalue weighted by Gasteiger charge is -2.30. The fraction of sp³-hybridized carbons (Fsp3) is 0.333. The van der Waals surface area contributed by atoms with Gasteiger partial charge in [-0.1, -0.05) is 6.07 Å². The molecule has 1 saturated heterocycles. The molecule has 0 atom stereocenters. The molecule has 2 aliphatic heterocycles. The second-order valence-electron chi connectivity index (χ2n) is 7.29. The standard InChI is InChI=1S/C21H21N3O4/c25-21(26)14-6-9-23(10-7-14)12-16-20(22-19-3-1-2-8-24(16)19)15-4-5-17-18(11-15)28-13-27-17/h1-5,8,11,14H,6-7,9-10,12-13H2,(H,25,26). The Kier molecular flexibility index (Phi) is 4.16. The number of ether oxygens (including phenoxy) is 2. The smallest absolute Gasteiger partial charge is 0.306 e. The molecule has 1 fully saturated rings. The number of pyridine rings is 1. The van der Waals surface area contributed by atoms with Crippen LogP contribution in [0.3, 0.4) is 0 Å². The van der Waals surface area contributed by atoms with Gasteiger partial charge in [-0.05, 0) is 56.3 Å². The summed E-state index contributed by atoms with van der Waals surface area (Å²) >= 11 is 0. The molecule has 0 radical (unpaired) electrons. The second-order valence-corrected chi connectivity index (χ2v) is 7.29. The van der Waals surface area contributed by atoms with Crippen LogP contribution in [0, 0.1) is 5.92 Å². The molecule has 0 saturated carbocycles. The summed E-state index contributed by atoms with van der Waals surface area (Å²) in [5, 5.41) is 9.24. The predicted molar refractivity (Wildman–Crippen MR) is 102 cm³/mol. The van der Waals surface area contributed by atoms with Gasteiger partial charge in [-0.3, -0.25) is 9.69 Å². The van der Waals surface area contributed by atoms with Crippen LogP contribution >= 0.6 is 0 Å². The van der Waals surface area contributed by atoms with Gasteiger partial charge in [0.25, 0.3) is 0 Å². The van der Waals surface area contributed by atoms with Crippen molar-refractivity contribution in [2.24, 2.45) is 5.92 Å². The molecular formula is C21H21N3O4. The topological polar surface area (TPSA) is 76.3 Å². The summed E-state index contributed by atoms with van der Waals surface area (Å²) in [4.78, 5) is 18.4. The Morgan fingerprint density at radius 3 is 2.79 bits per heavy atom. The third-order valence-corrected chi connectivity index (χ3v) is 5.59. The quantitative estimate of drug-likeness (QED) is 0.751. The van der Waals surface area contributed by atoms with Crippen molar-refractivity contribution in [3.63, 3.8) is 0 Å². The Bertz CT molecular complexity index is 1040. The molecule has 1 aromatic carbocycles. The molecule has 144 valence electrons. The Morgan fingerprint density at radius 2 is 1.96 bits per heavy atom. The average molecular weight is 379 g/mol. The van der Waals surface area contributed by atoms with E-state index in [9.17, 15) is 9.90 Å². The number of imidazole rings is 1. The van der Waals surface area contributed by atoms with Gasteiger partial charge in [0.15, 0.2) is 11.5 Å². The Morgan fingerprint density at radius 1 is 1.14 bits per heavy atom. The molecular weight excluding hydrogens is 358 g/mol. The molecule has 4 heterocycles. The number of carboxylic acid groups (broad SMARTS) is 1. The lowest BCUT2D eigenvalue weighted by Crippen LogP contribution is -2.36. The number of hydrogen-bond acceptors (Lipinski definition) is 5. The first-order valence-electron chi connectivity index (χ1n) is 9.50. The minimum Gasteiger partial charge on any atom is -0.481 e. The molecule has 1 N–H and O–H groups in total. The van der Waals surface area contributed by atoms with Crippen LogP contribution in [0.15, 0.2) is 42.6 Å². The first-order valence-corrected chi connectivity index (χ1v) is 9.50. The summed E-state index contributed by atoms with van der Waals surface area (Å²) in [5.74, 6) is 0.579. The molecule has 2 aromatic heterocycles. The minimum atomic E-state index is -0.685. The van der Waals surface area contributed by atoms with Crippen LogP contribution in [0.1, 0.15) is 18.5 Å². The van der Waals surface area contributed by atoms with Crippen molar-refractivity contribution in [3.8, 4) is 22.8 Å². The summed E-state index contributed by atoms with van der Waals surface area (Å²) in [7, 11) is 0. The summed E-state index contributed by atoms with van der Waals surface area (Å²) in [5.41, 5.74) is 3.90. The summed E-state index contributed by atoms with van der Waals surface area (Å²) < 4.78 is 13.1. The van der Waals surface area contributed by atoms with E-state index >= 15 is 0 Å². The molecule has 2 aliphatic rings. The monoisotopic (exact) mass is 379 g/mol. The van der Waals surface area contributed by atoms with Crippen LogP contribution in [-0.2, 0) is 11.3 Å². The number of likely N-dealkylation sites (tertiary alicyclic amines) is 1. The van der Waals surface area contributed by atoms with Crippen LogP contribution in [0.25, 0.3) is 16.9 Å². The fourth-order valence-corrected chi connectivity index (χ4v) is 4.02. The van der Waals surface area contributed by atoms with Crippen molar-refractivity contribution in [3.05, 3.63) is 48.3 Å². The lowest BCUT2D eigenvalue weighted by molar-refractivity contribution is -0.143. The summed E-state index contributed by atoms with van der Waals surface area (Å²) in [6.45, 7) is 2.52. The van der Waals surface area contributed by atoms with E-state index < -0.39 is 5.97 Å². The molecule has 28 heavy (non-hydrogen) atoms. The minimum absolute atomic E-state index is 0.230.